The number of aromatic nitrogens is 1. The van der Waals surface area contributed by atoms with Gasteiger partial charge in [-0.05, 0) is 80.3 Å². The second kappa shape index (κ2) is 7.09. The van der Waals surface area contributed by atoms with Gasteiger partial charge in [-0.3, -0.25) is 4.79 Å². The molecule has 1 amide bonds. The van der Waals surface area contributed by atoms with Crippen molar-refractivity contribution in [3.63, 3.8) is 0 Å². The molecule has 0 aliphatic carbocycles. The topological polar surface area (TPSA) is 75.4 Å². The van der Waals surface area contributed by atoms with Crippen LogP contribution in [0.25, 0.3) is 22.6 Å². The van der Waals surface area contributed by atoms with E-state index in [0.717, 1.165) is 22.2 Å². The molecule has 0 spiro atoms. The van der Waals surface area contributed by atoms with Crippen LogP contribution in [-0.2, 0) is 0 Å². The highest BCUT2D eigenvalue weighted by Gasteiger charge is 2.17. The fourth-order valence-corrected chi connectivity index (χ4v) is 3.34. The normalized spacial score (nSPS) is 11.0. The number of aryl methyl sites for hydroxylation is 4. The Kier molecular flexibility index (Phi) is 4.59. The van der Waals surface area contributed by atoms with Gasteiger partial charge in [-0.15, -0.1) is 0 Å². The number of phenolic OH excluding ortho intramolecular Hbond substituents is 1. The maximum Gasteiger partial charge on any atom is 0.255 e. The van der Waals surface area contributed by atoms with Gasteiger partial charge in [0.1, 0.15) is 11.3 Å². The first-order valence-electron chi connectivity index (χ1n) is 9.42. The standard InChI is InChI=1S/C24H22N2O3/c1-13-7-5-6-8-18(13)23(28)25-17-9-16(4)22(27)19(12-17)24-26-20-10-14(2)15(3)11-21(20)29-24/h5-12,27H,1-4H3,(H,25,28). The number of rotatable bonds is 3. The minimum absolute atomic E-state index is 0.0823. The molecule has 0 fully saturated rings. The van der Waals surface area contributed by atoms with E-state index in [-0.39, 0.29) is 11.7 Å². The maximum atomic E-state index is 12.7. The molecule has 1 heterocycles. The van der Waals surface area contributed by atoms with Gasteiger partial charge in [0.25, 0.3) is 5.91 Å². The van der Waals surface area contributed by atoms with Crippen LogP contribution in [0.15, 0.2) is 52.9 Å². The maximum absolute atomic E-state index is 12.7. The van der Waals surface area contributed by atoms with Crippen molar-refractivity contribution in [1.82, 2.24) is 4.98 Å². The van der Waals surface area contributed by atoms with Gasteiger partial charge in [-0.25, -0.2) is 4.98 Å². The van der Waals surface area contributed by atoms with Crippen LogP contribution in [0.4, 0.5) is 5.69 Å². The van der Waals surface area contributed by atoms with Crippen LogP contribution in [-0.4, -0.2) is 16.0 Å². The van der Waals surface area contributed by atoms with E-state index in [9.17, 15) is 9.90 Å². The van der Waals surface area contributed by atoms with Crippen molar-refractivity contribution in [3.05, 3.63) is 76.3 Å². The number of fused-ring (bicyclic) bond motifs is 1. The average Bonchev–Trinajstić information content (AvgIpc) is 3.07. The molecule has 0 radical (unpaired) electrons. The summed E-state index contributed by atoms with van der Waals surface area (Å²) in [7, 11) is 0. The molecule has 0 saturated carbocycles. The molecule has 0 bridgehead atoms. The summed E-state index contributed by atoms with van der Waals surface area (Å²) >= 11 is 0. The molecule has 5 nitrogen and oxygen atoms in total. The molecule has 0 atom stereocenters. The molecule has 0 aliphatic rings. The number of aromatic hydroxyl groups is 1. The summed E-state index contributed by atoms with van der Waals surface area (Å²) in [5.74, 6) is 0.194. The van der Waals surface area contributed by atoms with Gasteiger partial charge in [0.05, 0.1) is 5.56 Å². The first-order chi connectivity index (χ1) is 13.8. The van der Waals surface area contributed by atoms with Crippen LogP contribution >= 0.6 is 0 Å². The third-order valence-corrected chi connectivity index (χ3v) is 5.18. The molecule has 146 valence electrons. The number of nitrogens with one attached hydrogen (secondary N) is 1. The molecule has 2 N–H and O–H groups in total. The van der Waals surface area contributed by atoms with E-state index in [1.807, 2.05) is 51.1 Å². The Morgan fingerprint density at radius 2 is 1.66 bits per heavy atom. The van der Waals surface area contributed by atoms with Crippen LogP contribution in [0.5, 0.6) is 5.75 Å². The zero-order chi connectivity index (χ0) is 20.7. The second-order valence-corrected chi connectivity index (χ2v) is 7.38. The van der Waals surface area contributed by atoms with Gasteiger partial charge < -0.3 is 14.8 Å². The fraction of sp³-hybridized carbons (Fsp3) is 0.167. The van der Waals surface area contributed by atoms with Gasteiger partial charge in [-0.1, -0.05) is 18.2 Å². The van der Waals surface area contributed by atoms with Gasteiger partial charge in [0.2, 0.25) is 5.89 Å². The minimum atomic E-state index is -0.206. The summed E-state index contributed by atoms with van der Waals surface area (Å²) in [6.07, 6.45) is 0. The predicted octanol–water partition coefficient (Wildman–Crippen LogP) is 5.69. The van der Waals surface area contributed by atoms with E-state index in [4.69, 9.17) is 4.42 Å². The highest BCUT2D eigenvalue weighted by atomic mass is 16.3. The van der Waals surface area contributed by atoms with E-state index in [1.165, 1.54) is 0 Å². The van der Waals surface area contributed by atoms with E-state index < -0.39 is 0 Å². The zero-order valence-electron chi connectivity index (χ0n) is 16.8. The second-order valence-electron chi connectivity index (χ2n) is 7.38. The van der Waals surface area contributed by atoms with Crippen molar-refractivity contribution in [1.29, 1.82) is 0 Å². The summed E-state index contributed by atoms with van der Waals surface area (Å²) in [6.45, 7) is 7.71. The third-order valence-electron chi connectivity index (χ3n) is 5.18. The average molecular weight is 386 g/mol. The predicted molar refractivity (Wildman–Crippen MR) is 114 cm³/mol. The Morgan fingerprint density at radius 3 is 2.41 bits per heavy atom. The highest BCUT2D eigenvalue weighted by Crippen LogP contribution is 2.36. The Bertz CT molecular complexity index is 1220. The molecule has 0 unspecified atom stereocenters. The van der Waals surface area contributed by atoms with Crippen LogP contribution in [0.3, 0.4) is 0 Å². The lowest BCUT2D eigenvalue weighted by atomic mass is 10.1. The Balaban J connectivity index is 1.75. The fourth-order valence-electron chi connectivity index (χ4n) is 3.34. The summed E-state index contributed by atoms with van der Waals surface area (Å²) in [5, 5.41) is 13.5. The molecular weight excluding hydrogens is 364 g/mol. The molecule has 5 heteroatoms. The number of hydrogen-bond acceptors (Lipinski definition) is 4. The lowest BCUT2D eigenvalue weighted by Crippen LogP contribution is -2.13. The number of hydrogen-bond donors (Lipinski definition) is 2. The number of carbonyl (C=O) groups excluding carboxylic acids is 1. The SMILES string of the molecule is Cc1cc2nc(-c3cc(NC(=O)c4ccccc4C)cc(C)c3O)oc2cc1C. The molecule has 3 aromatic carbocycles. The lowest BCUT2D eigenvalue weighted by molar-refractivity contribution is 0.102. The zero-order valence-corrected chi connectivity index (χ0v) is 16.8. The molecule has 1 aromatic heterocycles. The number of amides is 1. The smallest absolute Gasteiger partial charge is 0.255 e. The number of oxazole rings is 1. The Morgan fingerprint density at radius 1 is 0.931 bits per heavy atom. The Hall–Kier alpha value is -3.60. The summed E-state index contributed by atoms with van der Waals surface area (Å²) in [6, 6.07) is 14.7. The molecule has 4 aromatic rings. The summed E-state index contributed by atoms with van der Waals surface area (Å²) in [4.78, 5) is 17.2. The van der Waals surface area contributed by atoms with Gasteiger partial charge in [0, 0.05) is 11.3 Å². The van der Waals surface area contributed by atoms with Crippen molar-refractivity contribution in [2.24, 2.45) is 0 Å². The number of phenols is 1. The van der Waals surface area contributed by atoms with E-state index in [1.54, 1.807) is 25.1 Å². The third kappa shape index (κ3) is 3.47. The minimum Gasteiger partial charge on any atom is -0.507 e. The number of carbonyl (C=O) groups is 1. The van der Waals surface area contributed by atoms with Crippen molar-refractivity contribution >= 4 is 22.7 Å². The van der Waals surface area contributed by atoms with Crippen molar-refractivity contribution in [2.45, 2.75) is 27.7 Å². The summed E-state index contributed by atoms with van der Waals surface area (Å²) < 4.78 is 5.91. The van der Waals surface area contributed by atoms with Gasteiger partial charge >= 0.3 is 0 Å². The lowest BCUT2D eigenvalue weighted by Gasteiger charge is -2.11. The number of benzene rings is 3. The van der Waals surface area contributed by atoms with E-state index in [2.05, 4.69) is 10.3 Å². The van der Waals surface area contributed by atoms with Crippen LogP contribution in [0.1, 0.15) is 32.6 Å². The van der Waals surface area contributed by atoms with Crippen molar-refractivity contribution in [2.75, 3.05) is 5.32 Å². The Labute approximate surface area is 169 Å². The monoisotopic (exact) mass is 386 g/mol. The highest BCUT2D eigenvalue weighted by molar-refractivity contribution is 6.05. The van der Waals surface area contributed by atoms with Crippen LogP contribution in [0.2, 0.25) is 0 Å². The molecule has 29 heavy (non-hydrogen) atoms. The first kappa shape index (κ1) is 18.7. The molecule has 0 aliphatic heterocycles. The van der Waals surface area contributed by atoms with Crippen LogP contribution in [0, 0.1) is 27.7 Å². The first-order valence-corrected chi connectivity index (χ1v) is 9.42. The molecule has 4 rings (SSSR count). The summed E-state index contributed by atoms with van der Waals surface area (Å²) in [5.41, 5.74) is 6.76. The molecule has 0 saturated heterocycles. The van der Waals surface area contributed by atoms with E-state index >= 15 is 0 Å². The quantitative estimate of drug-likeness (QED) is 0.444. The largest absolute Gasteiger partial charge is 0.507 e. The van der Waals surface area contributed by atoms with Crippen molar-refractivity contribution in [3.8, 4) is 17.2 Å². The van der Waals surface area contributed by atoms with Gasteiger partial charge in [0.15, 0.2) is 5.58 Å². The van der Waals surface area contributed by atoms with Crippen molar-refractivity contribution < 1.29 is 14.3 Å². The number of anilines is 1. The molecular formula is C24H22N2O3. The van der Waals surface area contributed by atoms with Gasteiger partial charge in [-0.2, -0.15) is 0 Å². The van der Waals surface area contributed by atoms with Crippen LogP contribution < -0.4 is 5.32 Å². The number of nitrogens with zero attached hydrogens (tertiary/aromatic N) is 1. The van der Waals surface area contributed by atoms with E-state index in [0.29, 0.717) is 33.9 Å².